The first-order valence-corrected chi connectivity index (χ1v) is 8.47. The van der Waals surface area contributed by atoms with Gasteiger partial charge in [-0.25, -0.2) is 4.98 Å². The summed E-state index contributed by atoms with van der Waals surface area (Å²) in [4.78, 5) is 11.3. The van der Waals surface area contributed by atoms with Crippen molar-refractivity contribution in [2.24, 2.45) is 0 Å². The summed E-state index contributed by atoms with van der Waals surface area (Å²) in [7, 11) is 0. The monoisotopic (exact) mass is 324 g/mol. The van der Waals surface area contributed by atoms with Gasteiger partial charge in [-0.1, -0.05) is 44.2 Å². The van der Waals surface area contributed by atoms with E-state index < -0.39 is 0 Å². The molecule has 2 heterocycles. The second-order valence-corrected chi connectivity index (χ2v) is 5.82. The molecule has 0 spiro atoms. The van der Waals surface area contributed by atoms with E-state index in [1.165, 1.54) is 6.33 Å². The third kappa shape index (κ3) is 3.38. The number of hydrogen-bond acceptors (Lipinski definition) is 5. The summed E-state index contributed by atoms with van der Waals surface area (Å²) in [5.41, 5.74) is 1.97. The largest absolute Gasteiger partial charge is 0.368 e. The Hall–Kier alpha value is -2.47. The number of nitrogens with one attached hydrogen (secondary N) is 1. The van der Waals surface area contributed by atoms with Crippen LogP contribution in [-0.4, -0.2) is 50.2 Å². The van der Waals surface area contributed by atoms with Gasteiger partial charge in [-0.3, -0.25) is 4.90 Å². The molecular weight excluding hydrogens is 300 g/mol. The van der Waals surface area contributed by atoms with Gasteiger partial charge in [0.25, 0.3) is 5.78 Å². The quantitative estimate of drug-likeness (QED) is 0.724. The average molecular weight is 324 g/mol. The highest BCUT2D eigenvalue weighted by Gasteiger charge is 2.13. The highest BCUT2D eigenvalue weighted by Crippen LogP contribution is 2.21. The lowest BCUT2D eigenvalue weighted by atomic mass is 10.1. The standard InChI is InChI=1S/C18H24N6/c1-4-23(5-2)14(3)12-19-17-11-16(15-9-7-6-8-10-15)22-18-20-13-21-24(17)18/h6-11,13-14,19H,4-5,12H2,1-3H3. The van der Waals surface area contributed by atoms with Crippen LogP contribution in [0.25, 0.3) is 17.0 Å². The summed E-state index contributed by atoms with van der Waals surface area (Å²) < 4.78 is 1.75. The van der Waals surface area contributed by atoms with Crippen LogP contribution < -0.4 is 5.32 Å². The van der Waals surface area contributed by atoms with Gasteiger partial charge in [0, 0.05) is 24.2 Å². The second-order valence-electron chi connectivity index (χ2n) is 5.82. The van der Waals surface area contributed by atoms with Gasteiger partial charge in [-0.05, 0) is 20.0 Å². The summed E-state index contributed by atoms with van der Waals surface area (Å²) >= 11 is 0. The zero-order chi connectivity index (χ0) is 16.9. The van der Waals surface area contributed by atoms with E-state index in [4.69, 9.17) is 0 Å². The minimum absolute atomic E-state index is 0.437. The van der Waals surface area contributed by atoms with E-state index in [2.05, 4.69) is 58.2 Å². The normalized spacial score (nSPS) is 12.7. The van der Waals surface area contributed by atoms with Crippen molar-refractivity contribution in [1.82, 2.24) is 24.5 Å². The van der Waals surface area contributed by atoms with E-state index in [9.17, 15) is 0 Å². The van der Waals surface area contributed by atoms with Crippen molar-refractivity contribution in [2.45, 2.75) is 26.8 Å². The summed E-state index contributed by atoms with van der Waals surface area (Å²) in [5, 5.41) is 7.80. The fourth-order valence-electron chi connectivity index (χ4n) is 2.92. The van der Waals surface area contributed by atoms with E-state index in [0.29, 0.717) is 11.8 Å². The lowest BCUT2D eigenvalue weighted by Crippen LogP contribution is -2.37. The molecule has 0 fully saturated rings. The fourth-order valence-corrected chi connectivity index (χ4v) is 2.92. The highest BCUT2D eigenvalue weighted by atomic mass is 15.4. The molecule has 1 N–H and O–H groups in total. The lowest BCUT2D eigenvalue weighted by Gasteiger charge is -2.26. The van der Waals surface area contributed by atoms with Gasteiger partial charge in [0.15, 0.2) is 0 Å². The molecule has 2 aromatic heterocycles. The first-order chi connectivity index (χ1) is 11.7. The number of aromatic nitrogens is 4. The van der Waals surface area contributed by atoms with Gasteiger partial charge in [-0.15, -0.1) is 0 Å². The van der Waals surface area contributed by atoms with Crippen molar-refractivity contribution in [2.75, 3.05) is 25.0 Å². The maximum atomic E-state index is 4.60. The van der Waals surface area contributed by atoms with E-state index in [1.54, 1.807) is 4.52 Å². The molecule has 1 aromatic carbocycles. The Balaban J connectivity index is 1.88. The van der Waals surface area contributed by atoms with Crippen LogP contribution in [0.2, 0.25) is 0 Å². The van der Waals surface area contributed by atoms with Gasteiger partial charge in [0.2, 0.25) is 0 Å². The van der Waals surface area contributed by atoms with E-state index in [1.807, 2.05) is 24.3 Å². The maximum Gasteiger partial charge on any atom is 0.254 e. The predicted octanol–water partition coefficient (Wildman–Crippen LogP) is 2.93. The number of likely N-dealkylation sites (N-methyl/N-ethyl adjacent to an activating group) is 1. The minimum atomic E-state index is 0.437. The van der Waals surface area contributed by atoms with Crippen molar-refractivity contribution in [1.29, 1.82) is 0 Å². The SMILES string of the molecule is CCN(CC)C(C)CNc1cc(-c2ccccc2)nc2ncnn12. The first-order valence-electron chi connectivity index (χ1n) is 8.47. The summed E-state index contributed by atoms with van der Waals surface area (Å²) in [5.74, 6) is 1.52. The molecule has 0 aliphatic heterocycles. The molecular formula is C18H24N6. The van der Waals surface area contributed by atoms with Crippen molar-refractivity contribution in [3.05, 3.63) is 42.7 Å². The van der Waals surface area contributed by atoms with Crippen LogP contribution in [0, 0.1) is 0 Å². The van der Waals surface area contributed by atoms with Crippen LogP contribution in [-0.2, 0) is 0 Å². The number of anilines is 1. The van der Waals surface area contributed by atoms with Gasteiger partial charge in [0.05, 0.1) is 5.69 Å². The number of fused-ring (bicyclic) bond motifs is 1. The van der Waals surface area contributed by atoms with Crippen molar-refractivity contribution < 1.29 is 0 Å². The predicted molar refractivity (Wildman–Crippen MR) is 97.1 cm³/mol. The lowest BCUT2D eigenvalue weighted by molar-refractivity contribution is 0.240. The van der Waals surface area contributed by atoms with Crippen LogP contribution in [0.1, 0.15) is 20.8 Å². The Morgan fingerprint density at radius 1 is 1.17 bits per heavy atom. The van der Waals surface area contributed by atoms with Gasteiger partial charge in [-0.2, -0.15) is 14.6 Å². The molecule has 0 aliphatic carbocycles. The molecule has 6 nitrogen and oxygen atoms in total. The number of benzene rings is 1. The number of nitrogens with zero attached hydrogens (tertiary/aromatic N) is 5. The number of rotatable bonds is 7. The Bertz CT molecular complexity index is 779. The van der Waals surface area contributed by atoms with Crippen LogP contribution in [0.15, 0.2) is 42.7 Å². The molecule has 24 heavy (non-hydrogen) atoms. The molecule has 0 saturated heterocycles. The molecule has 3 rings (SSSR count). The first kappa shape index (κ1) is 16.4. The fraction of sp³-hybridized carbons (Fsp3) is 0.389. The third-order valence-corrected chi connectivity index (χ3v) is 4.34. The van der Waals surface area contributed by atoms with E-state index >= 15 is 0 Å². The molecule has 0 saturated carbocycles. The Morgan fingerprint density at radius 2 is 1.92 bits per heavy atom. The summed E-state index contributed by atoms with van der Waals surface area (Å²) in [6, 6.07) is 12.6. The molecule has 1 atom stereocenters. The molecule has 0 aliphatic rings. The molecule has 1 unspecified atom stereocenters. The van der Waals surface area contributed by atoms with Crippen molar-refractivity contribution in [3.8, 4) is 11.3 Å². The molecule has 6 heteroatoms. The molecule has 126 valence electrons. The average Bonchev–Trinajstić information content (AvgIpc) is 3.10. The summed E-state index contributed by atoms with van der Waals surface area (Å²) in [6.45, 7) is 9.55. The third-order valence-electron chi connectivity index (χ3n) is 4.34. The maximum absolute atomic E-state index is 4.60. The van der Waals surface area contributed by atoms with Crippen LogP contribution >= 0.6 is 0 Å². The smallest absolute Gasteiger partial charge is 0.254 e. The van der Waals surface area contributed by atoms with E-state index in [-0.39, 0.29) is 0 Å². The van der Waals surface area contributed by atoms with Gasteiger partial charge < -0.3 is 5.32 Å². The van der Waals surface area contributed by atoms with Gasteiger partial charge in [0.1, 0.15) is 12.1 Å². The highest BCUT2D eigenvalue weighted by molar-refractivity contribution is 5.65. The van der Waals surface area contributed by atoms with Crippen LogP contribution in [0.3, 0.4) is 0 Å². The molecule has 0 amide bonds. The summed E-state index contributed by atoms with van der Waals surface area (Å²) in [6.07, 6.45) is 1.54. The minimum Gasteiger partial charge on any atom is -0.368 e. The zero-order valence-corrected chi connectivity index (χ0v) is 14.5. The van der Waals surface area contributed by atoms with Crippen molar-refractivity contribution in [3.63, 3.8) is 0 Å². The van der Waals surface area contributed by atoms with Crippen molar-refractivity contribution >= 4 is 11.6 Å². The Labute approximate surface area is 142 Å². The van der Waals surface area contributed by atoms with Crippen LogP contribution in [0.4, 0.5) is 5.82 Å². The van der Waals surface area contributed by atoms with Crippen LogP contribution in [0.5, 0.6) is 0 Å². The second kappa shape index (κ2) is 7.40. The number of hydrogen-bond donors (Lipinski definition) is 1. The topological polar surface area (TPSA) is 58.3 Å². The Kier molecular flexibility index (Phi) is 5.05. The zero-order valence-electron chi connectivity index (χ0n) is 14.5. The van der Waals surface area contributed by atoms with Gasteiger partial charge >= 0.3 is 0 Å². The molecule has 3 aromatic rings. The molecule has 0 radical (unpaired) electrons. The van der Waals surface area contributed by atoms with E-state index in [0.717, 1.165) is 36.7 Å². The molecule has 0 bridgehead atoms. The Morgan fingerprint density at radius 3 is 2.62 bits per heavy atom.